The molecule has 0 spiro atoms. The molecule has 0 radical (unpaired) electrons. The maximum Gasteiger partial charge on any atom is 0.167 e. The minimum atomic E-state index is 0.805. The average molecular weight is 252 g/mol. The van der Waals surface area contributed by atoms with Crippen molar-refractivity contribution >= 4 is 32.5 Å². The Hall–Kier alpha value is -2.20. The van der Waals surface area contributed by atoms with E-state index >= 15 is 0 Å². The van der Waals surface area contributed by atoms with E-state index in [0.717, 1.165) is 27.6 Å². The lowest BCUT2D eigenvalue weighted by atomic mass is 10.0. The van der Waals surface area contributed by atoms with Gasteiger partial charge in [-0.05, 0) is 17.7 Å². The monoisotopic (exact) mass is 252 g/mol. The molecule has 0 unspecified atom stereocenters. The average Bonchev–Trinajstić information content (AvgIpc) is 3.06. The molecule has 0 aliphatic heterocycles. The lowest BCUT2D eigenvalue weighted by Crippen LogP contribution is -1.80. The number of rotatable bonds is 1. The molecule has 4 rings (SSSR count). The lowest BCUT2D eigenvalue weighted by molar-refractivity contribution is 0.456. The van der Waals surface area contributed by atoms with Crippen LogP contribution >= 0.6 is 11.3 Å². The van der Waals surface area contributed by atoms with Gasteiger partial charge >= 0.3 is 0 Å². The molecule has 0 bridgehead atoms. The fourth-order valence-corrected chi connectivity index (χ4v) is 2.93. The van der Waals surface area contributed by atoms with Crippen LogP contribution in [0, 0.1) is 0 Å². The molecule has 18 heavy (non-hydrogen) atoms. The van der Waals surface area contributed by atoms with Gasteiger partial charge in [-0.2, -0.15) is 0 Å². The first-order chi connectivity index (χ1) is 8.93. The number of aromatic nitrogens is 2. The molecule has 4 aromatic rings. The Balaban J connectivity index is 2.13. The summed E-state index contributed by atoms with van der Waals surface area (Å²) >= 11 is 1.65. The van der Waals surface area contributed by atoms with E-state index in [1.54, 1.807) is 17.5 Å². The summed E-state index contributed by atoms with van der Waals surface area (Å²) in [7, 11) is 0. The van der Waals surface area contributed by atoms with E-state index in [2.05, 4.69) is 34.4 Å². The van der Waals surface area contributed by atoms with Gasteiger partial charge in [0, 0.05) is 10.9 Å². The first-order valence-electron chi connectivity index (χ1n) is 5.59. The number of thiazole rings is 1. The van der Waals surface area contributed by atoms with Gasteiger partial charge in [0.15, 0.2) is 5.58 Å². The third-order valence-corrected chi connectivity index (χ3v) is 3.84. The number of benzene rings is 2. The van der Waals surface area contributed by atoms with Crippen molar-refractivity contribution in [2.75, 3.05) is 0 Å². The molecule has 0 N–H and O–H groups in total. The topological polar surface area (TPSA) is 38.9 Å². The molecule has 0 saturated heterocycles. The number of fused-ring (bicyclic) bond motifs is 2. The van der Waals surface area contributed by atoms with Crippen LogP contribution in [0.5, 0.6) is 0 Å². The van der Waals surface area contributed by atoms with Crippen LogP contribution in [0.25, 0.3) is 32.3 Å². The Morgan fingerprint density at radius 1 is 1.00 bits per heavy atom. The van der Waals surface area contributed by atoms with E-state index < -0.39 is 0 Å². The highest BCUT2D eigenvalue weighted by molar-refractivity contribution is 7.16. The maximum atomic E-state index is 5.21. The zero-order chi connectivity index (χ0) is 11.9. The number of hydrogen-bond acceptors (Lipinski definition) is 4. The molecule has 3 nitrogen and oxygen atoms in total. The van der Waals surface area contributed by atoms with Crippen molar-refractivity contribution < 1.29 is 4.52 Å². The first-order valence-corrected chi connectivity index (χ1v) is 6.47. The maximum absolute atomic E-state index is 5.21. The van der Waals surface area contributed by atoms with E-state index in [-0.39, 0.29) is 0 Å². The summed E-state index contributed by atoms with van der Waals surface area (Å²) in [5.74, 6) is 0. The van der Waals surface area contributed by atoms with Gasteiger partial charge in [0.05, 0.1) is 21.9 Å². The molecule has 0 fully saturated rings. The predicted molar refractivity (Wildman–Crippen MR) is 72.6 cm³/mol. The lowest BCUT2D eigenvalue weighted by Gasteiger charge is -2.03. The van der Waals surface area contributed by atoms with Crippen LogP contribution in [-0.2, 0) is 0 Å². The van der Waals surface area contributed by atoms with Gasteiger partial charge in [0.25, 0.3) is 0 Å². The van der Waals surface area contributed by atoms with Crippen LogP contribution in [0.4, 0.5) is 0 Å². The molecule has 86 valence electrons. The molecule has 0 aliphatic carbocycles. The van der Waals surface area contributed by atoms with Crippen LogP contribution < -0.4 is 0 Å². The summed E-state index contributed by atoms with van der Waals surface area (Å²) < 4.78 is 6.40. The summed E-state index contributed by atoms with van der Waals surface area (Å²) in [6.07, 6.45) is 1.76. The fraction of sp³-hybridized carbons (Fsp3) is 0. The van der Waals surface area contributed by atoms with E-state index in [9.17, 15) is 0 Å². The largest absolute Gasteiger partial charge is 0.356 e. The van der Waals surface area contributed by atoms with Crippen LogP contribution in [0.15, 0.2) is 52.6 Å². The summed E-state index contributed by atoms with van der Waals surface area (Å²) in [4.78, 5) is 4.45. The third-order valence-electron chi connectivity index (χ3n) is 3.05. The van der Waals surface area contributed by atoms with Crippen LogP contribution in [0.2, 0.25) is 0 Å². The minimum absolute atomic E-state index is 0.805. The molecule has 4 heteroatoms. The summed E-state index contributed by atoms with van der Waals surface area (Å²) in [5.41, 5.74) is 5.96. The van der Waals surface area contributed by atoms with Crippen molar-refractivity contribution in [2.45, 2.75) is 0 Å². The minimum Gasteiger partial charge on any atom is -0.356 e. The Kier molecular flexibility index (Phi) is 1.98. The van der Waals surface area contributed by atoms with Crippen molar-refractivity contribution in [3.63, 3.8) is 0 Å². The second kappa shape index (κ2) is 3.65. The van der Waals surface area contributed by atoms with Gasteiger partial charge in [-0.25, -0.2) is 4.98 Å². The second-order valence-corrected chi connectivity index (χ2v) is 4.93. The number of para-hydroxylation sites is 1. The first kappa shape index (κ1) is 9.79. The molecule has 2 aromatic heterocycles. The van der Waals surface area contributed by atoms with Gasteiger partial charge < -0.3 is 4.52 Å². The molecular formula is C14H8N2OS. The molecule has 2 aromatic carbocycles. The summed E-state index contributed by atoms with van der Waals surface area (Å²) in [6, 6.07) is 12.2. The van der Waals surface area contributed by atoms with Crippen LogP contribution in [-0.4, -0.2) is 10.1 Å². The van der Waals surface area contributed by atoms with Crippen molar-refractivity contribution in [1.29, 1.82) is 0 Å². The number of nitrogens with zero attached hydrogens (tertiary/aromatic N) is 2. The van der Waals surface area contributed by atoms with Crippen LogP contribution in [0.3, 0.4) is 0 Å². The van der Waals surface area contributed by atoms with Crippen molar-refractivity contribution in [3.05, 3.63) is 48.1 Å². The third kappa shape index (κ3) is 1.29. The Morgan fingerprint density at radius 3 is 2.89 bits per heavy atom. The fourth-order valence-electron chi connectivity index (χ4n) is 2.23. The molecule has 0 amide bonds. The smallest absolute Gasteiger partial charge is 0.167 e. The highest BCUT2D eigenvalue weighted by atomic mass is 32.1. The summed E-state index contributed by atoms with van der Waals surface area (Å²) in [6.45, 7) is 0. The van der Waals surface area contributed by atoms with Gasteiger partial charge in [0.2, 0.25) is 0 Å². The Bertz CT molecular complexity index is 775. The Morgan fingerprint density at radius 2 is 1.89 bits per heavy atom. The molecular weight excluding hydrogens is 244 g/mol. The second-order valence-electron chi connectivity index (χ2n) is 4.05. The normalized spacial score (nSPS) is 11.3. The zero-order valence-corrected chi connectivity index (χ0v) is 10.1. The van der Waals surface area contributed by atoms with Gasteiger partial charge in [-0.15, -0.1) is 11.3 Å². The predicted octanol–water partition coefficient (Wildman–Crippen LogP) is 4.10. The Labute approximate surface area is 107 Å². The zero-order valence-electron chi connectivity index (χ0n) is 9.33. The van der Waals surface area contributed by atoms with Crippen molar-refractivity contribution in [1.82, 2.24) is 10.1 Å². The van der Waals surface area contributed by atoms with Crippen molar-refractivity contribution in [3.8, 4) is 11.1 Å². The molecule has 0 saturated carbocycles. The van der Waals surface area contributed by atoms with E-state index in [1.165, 1.54) is 4.70 Å². The quantitative estimate of drug-likeness (QED) is 0.512. The highest BCUT2D eigenvalue weighted by Crippen LogP contribution is 2.34. The SMILES string of the molecule is c1cc(-c2cccc3scnc23)c2cnoc2c1. The van der Waals surface area contributed by atoms with Gasteiger partial charge in [-0.3, -0.25) is 0 Å². The molecule has 0 atom stereocenters. The molecule has 0 aliphatic rings. The molecule has 2 heterocycles. The standard InChI is InChI=1S/C14H8N2OS/c1-3-9(11-7-16-17-12(11)5-1)10-4-2-6-13-14(10)15-8-18-13/h1-8H. The number of hydrogen-bond donors (Lipinski definition) is 0. The summed E-state index contributed by atoms with van der Waals surface area (Å²) in [5, 5.41) is 4.89. The van der Waals surface area contributed by atoms with E-state index in [1.807, 2.05) is 17.6 Å². The van der Waals surface area contributed by atoms with Gasteiger partial charge in [-0.1, -0.05) is 29.4 Å². The van der Waals surface area contributed by atoms with E-state index in [4.69, 9.17) is 4.52 Å². The van der Waals surface area contributed by atoms with Crippen molar-refractivity contribution in [2.24, 2.45) is 0 Å². The highest BCUT2D eigenvalue weighted by Gasteiger charge is 2.10. The van der Waals surface area contributed by atoms with Crippen LogP contribution in [0.1, 0.15) is 0 Å². The van der Waals surface area contributed by atoms with Gasteiger partial charge in [0.1, 0.15) is 0 Å². The van der Waals surface area contributed by atoms with E-state index in [0.29, 0.717) is 0 Å².